The maximum Gasteiger partial charge on any atom is 0.177 e. The van der Waals surface area contributed by atoms with E-state index in [1.165, 1.54) is 7.11 Å². The number of phenolic OH excluding ortho intramolecular Hbond substituents is 1. The summed E-state index contributed by atoms with van der Waals surface area (Å²) in [5.41, 5.74) is 0.951. The molecule has 1 aliphatic rings. The Kier molecular flexibility index (Phi) is 3.03. The lowest BCUT2D eigenvalue weighted by molar-refractivity contribution is 0.372. The van der Waals surface area contributed by atoms with Gasteiger partial charge in [-0.15, -0.1) is 0 Å². The summed E-state index contributed by atoms with van der Waals surface area (Å²) in [6.07, 6.45) is 2.21. The minimum atomic E-state index is 0.0327. The number of methoxy groups -OCH3 is 1. The molecule has 1 atom stereocenters. The topological polar surface area (TPSA) is 41.5 Å². The monoisotopic (exact) mass is 227 g/mol. The third kappa shape index (κ3) is 1.90. The van der Waals surface area contributed by atoms with Crippen molar-refractivity contribution in [2.75, 3.05) is 13.7 Å². The standard InChI is InChI=1S/C11H14ClNO2/c1-15-9-5-4-7(10(12)11(9)14)8-3-2-6-13-8/h4-5,8,13-14H,2-3,6H2,1H3/t8-/m0/s1. The molecule has 1 aliphatic heterocycles. The van der Waals surface area contributed by atoms with Crippen LogP contribution in [0.15, 0.2) is 12.1 Å². The number of nitrogens with one attached hydrogen (secondary N) is 1. The number of aromatic hydroxyl groups is 1. The molecule has 1 aromatic carbocycles. The molecule has 0 amide bonds. The van der Waals surface area contributed by atoms with Crippen molar-refractivity contribution in [2.45, 2.75) is 18.9 Å². The summed E-state index contributed by atoms with van der Waals surface area (Å²) in [6, 6.07) is 3.91. The molecule has 4 heteroatoms. The predicted molar refractivity (Wildman–Crippen MR) is 59.6 cm³/mol. The highest BCUT2D eigenvalue weighted by atomic mass is 35.5. The van der Waals surface area contributed by atoms with Crippen molar-refractivity contribution in [2.24, 2.45) is 0 Å². The summed E-state index contributed by atoms with van der Waals surface area (Å²) < 4.78 is 4.99. The fourth-order valence-corrected chi connectivity index (χ4v) is 2.23. The van der Waals surface area contributed by atoms with Gasteiger partial charge in [-0.25, -0.2) is 0 Å². The second-order valence-electron chi connectivity index (χ2n) is 3.67. The minimum Gasteiger partial charge on any atom is -0.503 e. The zero-order valence-corrected chi connectivity index (χ0v) is 9.34. The van der Waals surface area contributed by atoms with Crippen molar-refractivity contribution in [3.05, 3.63) is 22.7 Å². The quantitative estimate of drug-likeness (QED) is 0.816. The van der Waals surface area contributed by atoms with E-state index in [1.54, 1.807) is 6.07 Å². The molecule has 2 N–H and O–H groups in total. The zero-order valence-electron chi connectivity index (χ0n) is 8.59. The number of rotatable bonds is 2. The van der Waals surface area contributed by atoms with Gasteiger partial charge in [0.2, 0.25) is 0 Å². The van der Waals surface area contributed by atoms with Gasteiger partial charge in [-0.3, -0.25) is 0 Å². The molecule has 0 aliphatic carbocycles. The molecular weight excluding hydrogens is 214 g/mol. The number of hydrogen-bond donors (Lipinski definition) is 2. The fraction of sp³-hybridized carbons (Fsp3) is 0.455. The summed E-state index contributed by atoms with van der Waals surface area (Å²) in [6.45, 7) is 1.01. The van der Waals surface area contributed by atoms with E-state index in [0.717, 1.165) is 24.9 Å². The van der Waals surface area contributed by atoms with Gasteiger partial charge in [-0.2, -0.15) is 0 Å². The van der Waals surface area contributed by atoms with Gasteiger partial charge in [0.15, 0.2) is 11.5 Å². The first-order valence-corrected chi connectivity index (χ1v) is 5.40. The lowest BCUT2D eigenvalue weighted by Crippen LogP contribution is -2.13. The SMILES string of the molecule is COc1ccc([C@@H]2CCCN2)c(Cl)c1O. The van der Waals surface area contributed by atoms with E-state index in [1.807, 2.05) is 6.07 Å². The summed E-state index contributed by atoms with van der Waals surface area (Å²) >= 11 is 6.09. The Hall–Kier alpha value is -0.930. The lowest BCUT2D eigenvalue weighted by Gasteiger charge is -2.14. The van der Waals surface area contributed by atoms with Crippen LogP contribution in [0.1, 0.15) is 24.4 Å². The molecule has 1 heterocycles. The van der Waals surface area contributed by atoms with Crippen molar-refractivity contribution in [1.29, 1.82) is 0 Å². The van der Waals surface area contributed by atoms with Crippen LogP contribution in [-0.4, -0.2) is 18.8 Å². The minimum absolute atomic E-state index is 0.0327. The maximum atomic E-state index is 9.75. The van der Waals surface area contributed by atoms with Crippen LogP contribution in [0, 0.1) is 0 Å². The van der Waals surface area contributed by atoms with E-state index in [2.05, 4.69) is 5.32 Å². The van der Waals surface area contributed by atoms with Crippen LogP contribution in [0.25, 0.3) is 0 Å². The Morgan fingerprint density at radius 1 is 1.53 bits per heavy atom. The molecule has 15 heavy (non-hydrogen) atoms. The van der Waals surface area contributed by atoms with Crippen molar-refractivity contribution in [3.8, 4) is 11.5 Å². The fourth-order valence-electron chi connectivity index (χ4n) is 1.95. The first-order chi connectivity index (χ1) is 7.24. The summed E-state index contributed by atoms with van der Waals surface area (Å²) in [5.74, 6) is 0.451. The predicted octanol–water partition coefficient (Wildman–Crippen LogP) is 2.48. The van der Waals surface area contributed by atoms with Gasteiger partial charge in [0.25, 0.3) is 0 Å². The van der Waals surface area contributed by atoms with Crippen molar-refractivity contribution in [3.63, 3.8) is 0 Å². The molecule has 0 saturated carbocycles. The van der Waals surface area contributed by atoms with E-state index in [4.69, 9.17) is 16.3 Å². The molecule has 1 fully saturated rings. The summed E-state index contributed by atoms with van der Waals surface area (Å²) in [5, 5.41) is 13.5. The van der Waals surface area contributed by atoms with Crippen LogP contribution < -0.4 is 10.1 Å². The van der Waals surface area contributed by atoms with Gasteiger partial charge < -0.3 is 15.2 Å². The third-order valence-electron chi connectivity index (χ3n) is 2.76. The Balaban J connectivity index is 2.36. The number of hydrogen-bond acceptors (Lipinski definition) is 3. The summed E-state index contributed by atoms with van der Waals surface area (Å²) in [4.78, 5) is 0. The molecule has 1 aromatic rings. The Bertz CT molecular complexity index is 362. The van der Waals surface area contributed by atoms with E-state index in [0.29, 0.717) is 10.8 Å². The highest BCUT2D eigenvalue weighted by molar-refractivity contribution is 6.33. The molecule has 0 spiro atoms. The highest BCUT2D eigenvalue weighted by Gasteiger charge is 2.21. The van der Waals surface area contributed by atoms with Crippen molar-refractivity contribution >= 4 is 11.6 Å². The molecular formula is C11H14ClNO2. The molecule has 82 valence electrons. The Morgan fingerprint density at radius 2 is 2.33 bits per heavy atom. The van der Waals surface area contributed by atoms with Gasteiger partial charge in [0, 0.05) is 6.04 Å². The van der Waals surface area contributed by atoms with Gasteiger partial charge >= 0.3 is 0 Å². The number of ether oxygens (including phenoxy) is 1. The van der Waals surface area contributed by atoms with Crippen LogP contribution in [0.2, 0.25) is 5.02 Å². The van der Waals surface area contributed by atoms with Gasteiger partial charge in [-0.1, -0.05) is 17.7 Å². The third-order valence-corrected chi connectivity index (χ3v) is 3.16. The van der Waals surface area contributed by atoms with Crippen LogP contribution in [-0.2, 0) is 0 Å². The second kappa shape index (κ2) is 4.29. The first-order valence-electron chi connectivity index (χ1n) is 5.02. The molecule has 0 bridgehead atoms. The molecule has 1 saturated heterocycles. The van der Waals surface area contributed by atoms with Crippen LogP contribution >= 0.6 is 11.6 Å². The molecule has 0 radical (unpaired) electrons. The molecule has 0 aromatic heterocycles. The first kappa shape index (κ1) is 10.6. The average molecular weight is 228 g/mol. The average Bonchev–Trinajstić information content (AvgIpc) is 2.75. The number of benzene rings is 1. The van der Waals surface area contributed by atoms with Gasteiger partial charge in [-0.05, 0) is 31.0 Å². The molecule has 2 rings (SSSR count). The Labute approximate surface area is 94.0 Å². The van der Waals surface area contributed by atoms with E-state index < -0.39 is 0 Å². The Morgan fingerprint density at radius 3 is 2.93 bits per heavy atom. The number of phenols is 1. The van der Waals surface area contributed by atoms with E-state index in [9.17, 15) is 5.11 Å². The highest BCUT2D eigenvalue weighted by Crippen LogP contribution is 2.40. The lowest BCUT2D eigenvalue weighted by atomic mass is 10.0. The normalized spacial score (nSPS) is 20.5. The summed E-state index contributed by atoms with van der Waals surface area (Å²) in [7, 11) is 1.51. The second-order valence-corrected chi connectivity index (χ2v) is 4.05. The molecule has 0 unspecified atom stereocenters. The van der Waals surface area contributed by atoms with Crippen LogP contribution in [0.4, 0.5) is 0 Å². The van der Waals surface area contributed by atoms with Crippen LogP contribution in [0.3, 0.4) is 0 Å². The van der Waals surface area contributed by atoms with Crippen LogP contribution in [0.5, 0.6) is 11.5 Å². The van der Waals surface area contributed by atoms with Gasteiger partial charge in [0.05, 0.1) is 12.1 Å². The van der Waals surface area contributed by atoms with Crippen molar-refractivity contribution in [1.82, 2.24) is 5.32 Å². The smallest absolute Gasteiger partial charge is 0.177 e. The van der Waals surface area contributed by atoms with E-state index >= 15 is 0 Å². The van der Waals surface area contributed by atoms with E-state index in [-0.39, 0.29) is 11.8 Å². The largest absolute Gasteiger partial charge is 0.503 e. The maximum absolute atomic E-state index is 9.75. The molecule has 3 nitrogen and oxygen atoms in total. The van der Waals surface area contributed by atoms with Crippen molar-refractivity contribution < 1.29 is 9.84 Å². The zero-order chi connectivity index (χ0) is 10.8. The number of halogens is 1. The van der Waals surface area contributed by atoms with Gasteiger partial charge in [0.1, 0.15) is 0 Å².